The van der Waals surface area contributed by atoms with Crippen LogP contribution in [0.25, 0.3) is 0 Å². The normalized spacial score (nSPS) is 10.9. The Balaban J connectivity index is 2.80. The van der Waals surface area contributed by atoms with Crippen LogP contribution in [-0.2, 0) is 14.3 Å². The molecule has 0 amide bonds. The summed E-state index contributed by atoms with van der Waals surface area (Å²) in [5.74, 6) is -0.951. The van der Waals surface area contributed by atoms with E-state index in [1.54, 1.807) is 6.92 Å². The van der Waals surface area contributed by atoms with Gasteiger partial charge in [0.2, 0.25) is 0 Å². The van der Waals surface area contributed by atoms with Crippen molar-refractivity contribution in [1.29, 1.82) is 0 Å². The molecule has 0 atom stereocenters. The van der Waals surface area contributed by atoms with Crippen molar-refractivity contribution >= 4 is 33.4 Å². The predicted molar refractivity (Wildman–Crippen MR) is 73.2 cm³/mol. The van der Waals surface area contributed by atoms with Crippen LogP contribution in [0.4, 0.5) is 5.69 Å². The van der Waals surface area contributed by atoms with Gasteiger partial charge in [0, 0.05) is 16.4 Å². The number of nitrogens with one attached hydrogen (secondary N) is 1. The number of Topliss-reactive ketones (excluding diaryl/α,β-unsaturated/α-hetero) is 1. The van der Waals surface area contributed by atoms with Gasteiger partial charge in [-0.1, -0.05) is 15.9 Å². The number of hydrogen-bond acceptors (Lipinski definition) is 4. The molecular weight excluding hydrogens is 298 g/mol. The highest BCUT2D eigenvalue weighted by Gasteiger charge is 2.15. The lowest BCUT2D eigenvalue weighted by atomic mass is 10.2. The number of halogens is 1. The first-order chi connectivity index (χ1) is 8.54. The van der Waals surface area contributed by atoms with E-state index in [1.165, 1.54) is 13.1 Å². The molecule has 0 aliphatic carbocycles. The molecule has 0 unspecified atom stereocenters. The number of rotatable bonds is 5. The van der Waals surface area contributed by atoms with Crippen LogP contribution < -0.4 is 5.32 Å². The Bertz CT molecular complexity index is 466. The van der Waals surface area contributed by atoms with E-state index in [2.05, 4.69) is 21.2 Å². The molecule has 1 rings (SSSR count). The second kappa shape index (κ2) is 6.96. The fourth-order valence-electron chi connectivity index (χ4n) is 1.21. The van der Waals surface area contributed by atoms with E-state index >= 15 is 0 Å². The highest BCUT2D eigenvalue weighted by atomic mass is 79.9. The summed E-state index contributed by atoms with van der Waals surface area (Å²) in [5, 5.41) is 2.89. The van der Waals surface area contributed by atoms with Crippen molar-refractivity contribution in [3.8, 4) is 0 Å². The SMILES string of the molecule is CCOC(=O)/C(=C/Nc1ccc(Br)cc1)C(C)=O. The van der Waals surface area contributed by atoms with Crippen molar-refractivity contribution in [3.63, 3.8) is 0 Å². The Morgan fingerprint density at radius 2 is 1.94 bits per heavy atom. The van der Waals surface area contributed by atoms with Crippen molar-refractivity contribution in [2.75, 3.05) is 11.9 Å². The Hall–Kier alpha value is -1.62. The van der Waals surface area contributed by atoms with Crippen LogP contribution in [0.3, 0.4) is 0 Å². The van der Waals surface area contributed by atoms with E-state index in [4.69, 9.17) is 4.74 Å². The van der Waals surface area contributed by atoms with Gasteiger partial charge in [-0.25, -0.2) is 4.79 Å². The van der Waals surface area contributed by atoms with Gasteiger partial charge in [0.15, 0.2) is 5.78 Å². The molecule has 4 nitrogen and oxygen atoms in total. The lowest BCUT2D eigenvalue weighted by Crippen LogP contribution is -2.15. The third-order valence-electron chi connectivity index (χ3n) is 2.10. The van der Waals surface area contributed by atoms with E-state index in [0.29, 0.717) is 0 Å². The van der Waals surface area contributed by atoms with Crippen molar-refractivity contribution < 1.29 is 14.3 Å². The van der Waals surface area contributed by atoms with Crippen molar-refractivity contribution in [3.05, 3.63) is 40.5 Å². The topological polar surface area (TPSA) is 55.4 Å². The van der Waals surface area contributed by atoms with E-state index in [0.717, 1.165) is 10.2 Å². The minimum atomic E-state index is -0.616. The average Bonchev–Trinajstić information content (AvgIpc) is 2.31. The third kappa shape index (κ3) is 4.33. The summed E-state index contributed by atoms with van der Waals surface area (Å²) in [6.45, 7) is 3.26. The molecule has 0 radical (unpaired) electrons. The van der Waals surface area contributed by atoms with Gasteiger partial charge >= 0.3 is 5.97 Å². The van der Waals surface area contributed by atoms with Crippen LogP contribution in [-0.4, -0.2) is 18.4 Å². The summed E-state index contributed by atoms with van der Waals surface area (Å²) < 4.78 is 5.75. The Morgan fingerprint density at radius 3 is 2.44 bits per heavy atom. The van der Waals surface area contributed by atoms with Crippen LogP contribution in [0.15, 0.2) is 40.5 Å². The second-order valence-corrected chi connectivity index (χ2v) is 4.40. The molecule has 18 heavy (non-hydrogen) atoms. The zero-order chi connectivity index (χ0) is 13.5. The molecule has 0 aliphatic heterocycles. The number of anilines is 1. The summed E-state index contributed by atoms with van der Waals surface area (Å²) in [6.07, 6.45) is 1.36. The fraction of sp³-hybridized carbons (Fsp3) is 0.231. The number of carbonyl (C=O) groups is 2. The molecule has 1 aromatic rings. The van der Waals surface area contributed by atoms with Crippen LogP contribution in [0.1, 0.15) is 13.8 Å². The Labute approximate surface area is 114 Å². The molecular formula is C13H14BrNO3. The summed E-state index contributed by atoms with van der Waals surface area (Å²) in [4.78, 5) is 22.8. The van der Waals surface area contributed by atoms with Gasteiger partial charge in [0.05, 0.1) is 6.61 Å². The summed E-state index contributed by atoms with van der Waals surface area (Å²) >= 11 is 3.32. The zero-order valence-corrected chi connectivity index (χ0v) is 11.8. The predicted octanol–water partition coefficient (Wildman–Crippen LogP) is 2.90. The molecule has 96 valence electrons. The van der Waals surface area contributed by atoms with Gasteiger partial charge in [-0.2, -0.15) is 0 Å². The number of benzene rings is 1. The van der Waals surface area contributed by atoms with Gasteiger partial charge < -0.3 is 10.1 Å². The van der Waals surface area contributed by atoms with Gasteiger partial charge in [0.1, 0.15) is 5.57 Å². The van der Waals surface area contributed by atoms with Gasteiger partial charge in [-0.15, -0.1) is 0 Å². The molecule has 5 heteroatoms. The number of ether oxygens (including phenoxy) is 1. The van der Waals surface area contributed by atoms with E-state index < -0.39 is 5.97 Å². The molecule has 0 bridgehead atoms. The van der Waals surface area contributed by atoms with Crippen LogP contribution >= 0.6 is 15.9 Å². The molecule has 0 aromatic heterocycles. The molecule has 1 N–H and O–H groups in total. The first-order valence-corrected chi connectivity index (χ1v) is 6.24. The van der Waals surface area contributed by atoms with Gasteiger partial charge in [0.25, 0.3) is 0 Å². The van der Waals surface area contributed by atoms with Crippen LogP contribution in [0.5, 0.6) is 0 Å². The smallest absolute Gasteiger partial charge is 0.343 e. The fourth-order valence-corrected chi connectivity index (χ4v) is 1.48. The number of ketones is 1. The second-order valence-electron chi connectivity index (χ2n) is 3.49. The summed E-state index contributed by atoms with van der Waals surface area (Å²) in [5.41, 5.74) is 0.779. The molecule has 0 fully saturated rings. The number of esters is 1. The minimum absolute atomic E-state index is 0.000214. The number of carbonyl (C=O) groups excluding carboxylic acids is 2. The average molecular weight is 312 g/mol. The zero-order valence-electron chi connectivity index (χ0n) is 10.2. The molecule has 0 saturated heterocycles. The lowest BCUT2D eigenvalue weighted by molar-refractivity contribution is -0.139. The van der Waals surface area contributed by atoms with Crippen LogP contribution in [0.2, 0.25) is 0 Å². The standard InChI is InChI=1S/C13H14BrNO3/c1-3-18-13(17)12(9(2)16)8-15-11-6-4-10(14)5-7-11/h4-8,15H,3H2,1-2H3/b12-8+. The first-order valence-electron chi connectivity index (χ1n) is 5.45. The van der Waals surface area contributed by atoms with Gasteiger partial charge in [-0.3, -0.25) is 4.79 Å². The van der Waals surface area contributed by atoms with Gasteiger partial charge in [-0.05, 0) is 38.1 Å². The quantitative estimate of drug-likeness (QED) is 0.393. The van der Waals surface area contributed by atoms with Crippen LogP contribution in [0, 0.1) is 0 Å². The maximum absolute atomic E-state index is 11.5. The monoisotopic (exact) mass is 311 g/mol. The van der Waals surface area contributed by atoms with E-state index in [-0.39, 0.29) is 18.0 Å². The summed E-state index contributed by atoms with van der Waals surface area (Å²) in [7, 11) is 0. The molecule has 0 heterocycles. The largest absolute Gasteiger partial charge is 0.462 e. The maximum atomic E-state index is 11.5. The van der Waals surface area contributed by atoms with Crippen molar-refractivity contribution in [2.24, 2.45) is 0 Å². The van der Waals surface area contributed by atoms with Crippen molar-refractivity contribution in [1.82, 2.24) is 0 Å². The third-order valence-corrected chi connectivity index (χ3v) is 2.63. The summed E-state index contributed by atoms with van der Waals surface area (Å²) in [6, 6.07) is 7.36. The van der Waals surface area contributed by atoms with Crippen molar-refractivity contribution in [2.45, 2.75) is 13.8 Å². The Morgan fingerprint density at radius 1 is 1.33 bits per heavy atom. The first kappa shape index (κ1) is 14.4. The molecule has 0 saturated carbocycles. The van der Waals surface area contributed by atoms with E-state index in [1.807, 2.05) is 24.3 Å². The minimum Gasteiger partial charge on any atom is -0.462 e. The lowest BCUT2D eigenvalue weighted by Gasteiger charge is -2.05. The molecule has 0 aliphatic rings. The molecule has 0 spiro atoms. The highest BCUT2D eigenvalue weighted by Crippen LogP contribution is 2.14. The maximum Gasteiger partial charge on any atom is 0.343 e. The highest BCUT2D eigenvalue weighted by molar-refractivity contribution is 9.10. The number of hydrogen-bond donors (Lipinski definition) is 1. The van der Waals surface area contributed by atoms with E-state index in [9.17, 15) is 9.59 Å². The Kier molecular flexibility index (Phi) is 5.58. The molecule has 1 aromatic carbocycles.